The zero-order chi connectivity index (χ0) is 19.0. The van der Waals surface area contributed by atoms with Crippen LogP contribution in [0.1, 0.15) is 26.0 Å². The van der Waals surface area contributed by atoms with E-state index in [-0.39, 0.29) is 28.6 Å². The lowest BCUT2D eigenvalue weighted by Crippen LogP contribution is -2.31. The molecule has 0 radical (unpaired) electrons. The second-order valence-corrected chi connectivity index (χ2v) is 8.07. The number of amides is 1. The SMILES string of the molecule is CC[C@H](O)[C@@H]1O[C@@H](n2c(=O)sc3c(=O)[nH]c(N)nc32)[C@H](CC(=O)NC)S1. The zero-order valence-corrected chi connectivity index (χ0v) is 15.7. The smallest absolute Gasteiger partial charge is 0.311 e. The maximum atomic E-state index is 12.5. The van der Waals surface area contributed by atoms with E-state index < -0.39 is 33.5 Å². The van der Waals surface area contributed by atoms with Crippen LogP contribution >= 0.6 is 23.1 Å². The molecule has 1 aliphatic heterocycles. The Hall–Kier alpha value is -1.89. The summed E-state index contributed by atoms with van der Waals surface area (Å²) in [6.45, 7) is 1.81. The molecule has 0 aromatic carbocycles. The van der Waals surface area contributed by atoms with E-state index in [1.165, 1.54) is 23.4 Å². The van der Waals surface area contributed by atoms with Crippen LogP contribution in [-0.4, -0.2) is 49.4 Å². The molecule has 10 nitrogen and oxygen atoms in total. The monoisotopic (exact) mass is 401 g/mol. The molecule has 12 heteroatoms. The quantitative estimate of drug-likeness (QED) is 0.528. The van der Waals surface area contributed by atoms with E-state index in [9.17, 15) is 19.5 Å². The number of nitrogen functional groups attached to an aromatic ring is 1. The number of anilines is 1. The highest BCUT2D eigenvalue weighted by atomic mass is 32.2. The van der Waals surface area contributed by atoms with Crippen molar-refractivity contribution in [2.45, 2.75) is 42.8 Å². The minimum absolute atomic E-state index is 0.0845. The minimum Gasteiger partial charge on any atom is -0.390 e. The number of ether oxygens (including phenoxy) is 1. The lowest BCUT2D eigenvalue weighted by Gasteiger charge is -2.19. The van der Waals surface area contributed by atoms with Crippen LogP contribution in [0.25, 0.3) is 10.3 Å². The number of aromatic nitrogens is 3. The van der Waals surface area contributed by atoms with Crippen molar-refractivity contribution >= 4 is 45.3 Å². The topological polar surface area (TPSA) is 152 Å². The maximum Gasteiger partial charge on any atom is 0.311 e. The third kappa shape index (κ3) is 3.37. The van der Waals surface area contributed by atoms with E-state index in [1.807, 2.05) is 6.92 Å². The summed E-state index contributed by atoms with van der Waals surface area (Å²) < 4.78 is 7.27. The third-order valence-corrected chi connectivity index (χ3v) is 6.43. The average Bonchev–Trinajstić information content (AvgIpc) is 3.14. The van der Waals surface area contributed by atoms with Gasteiger partial charge in [-0.05, 0) is 6.42 Å². The van der Waals surface area contributed by atoms with Gasteiger partial charge in [0, 0.05) is 13.5 Å². The molecule has 142 valence electrons. The van der Waals surface area contributed by atoms with Gasteiger partial charge in [0.1, 0.15) is 10.1 Å². The molecule has 0 saturated carbocycles. The zero-order valence-electron chi connectivity index (χ0n) is 14.1. The van der Waals surface area contributed by atoms with Crippen molar-refractivity contribution in [3.8, 4) is 0 Å². The molecule has 0 aliphatic carbocycles. The number of nitrogens with two attached hydrogens (primary N) is 1. The fourth-order valence-corrected chi connectivity index (χ4v) is 5.01. The summed E-state index contributed by atoms with van der Waals surface area (Å²) in [4.78, 5) is 42.4. The standard InChI is InChI=1S/C14H19N5O5S2/c1-3-5(20)12-24-11(6(25-12)4-7(21)16-2)19-9-8(26-14(19)23)10(22)18-13(15)17-9/h5-6,11-12,20H,3-4H2,1-2H3,(H,16,21)(H3,15,17,18,22)/t5-,6-,11+,12+/m0/s1. The van der Waals surface area contributed by atoms with E-state index in [0.29, 0.717) is 6.42 Å². The van der Waals surface area contributed by atoms with Crippen molar-refractivity contribution in [2.24, 2.45) is 0 Å². The Morgan fingerprint density at radius 2 is 2.27 bits per heavy atom. The Kier molecular flexibility index (Phi) is 5.37. The third-order valence-electron chi connectivity index (χ3n) is 4.04. The van der Waals surface area contributed by atoms with Gasteiger partial charge in [-0.2, -0.15) is 4.98 Å². The van der Waals surface area contributed by atoms with E-state index in [4.69, 9.17) is 10.5 Å². The van der Waals surface area contributed by atoms with Gasteiger partial charge >= 0.3 is 4.87 Å². The van der Waals surface area contributed by atoms with Gasteiger partial charge in [-0.1, -0.05) is 18.3 Å². The van der Waals surface area contributed by atoms with E-state index in [0.717, 1.165) is 11.3 Å². The highest BCUT2D eigenvalue weighted by molar-refractivity contribution is 8.00. The van der Waals surface area contributed by atoms with Crippen LogP contribution in [0.15, 0.2) is 9.59 Å². The van der Waals surface area contributed by atoms with E-state index in [2.05, 4.69) is 15.3 Å². The summed E-state index contributed by atoms with van der Waals surface area (Å²) in [6.07, 6.45) is -1.06. The van der Waals surface area contributed by atoms with Crippen molar-refractivity contribution in [2.75, 3.05) is 12.8 Å². The number of nitrogens with zero attached hydrogens (tertiary/aromatic N) is 2. The van der Waals surface area contributed by atoms with Crippen LogP contribution in [0.4, 0.5) is 5.95 Å². The first-order valence-electron chi connectivity index (χ1n) is 7.96. The number of hydrogen-bond donors (Lipinski definition) is 4. The maximum absolute atomic E-state index is 12.5. The second-order valence-electron chi connectivity index (χ2n) is 5.76. The largest absolute Gasteiger partial charge is 0.390 e. The van der Waals surface area contributed by atoms with Gasteiger partial charge in [-0.15, -0.1) is 11.8 Å². The number of fused-ring (bicyclic) bond motifs is 1. The Balaban J connectivity index is 2.08. The van der Waals surface area contributed by atoms with Crippen LogP contribution in [0.3, 0.4) is 0 Å². The molecular weight excluding hydrogens is 382 g/mol. The molecule has 3 heterocycles. The number of aliphatic hydroxyl groups is 1. The molecule has 5 N–H and O–H groups in total. The van der Waals surface area contributed by atoms with Gasteiger partial charge in [0.2, 0.25) is 11.9 Å². The first-order valence-corrected chi connectivity index (χ1v) is 9.72. The summed E-state index contributed by atoms with van der Waals surface area (Å²) in [6, 6.07) is 0. The molecule has 0 bridgehead atoms. The van der Waals surface area contributed by atoms with Gasteiger partial charge in [-0.3, -0.25) is 23.9 Å². The summed E-state index contributed by atoms with van der Waals surface area (Å²) in [5, 5.41) is 12.2. The molecule has 26 heavy (non-hydrogen) atoms. The summed E-state index contributed by atoms with van der Waals surface area (Å²) in [5.74, 6) is -0.340. The molecular formula is C14H19N5O5S2. The fourth-order valence-electron chi connectivity index (χ4n) is 2.70. The number of rotatable bonds is 5. The Labute approximate surface area is 155 Å². The minimum atomic E-state index is -0.849. The summed E-state index contributed by atoms with van der Waals surface area (Å²) in [5.41, 5.74) is 4.62. The second kappa shape index (κ2) is 7.39. The first kappa shape index (κ1) is 18.9. The lowest BCUT2D eigenvalue weighted by atomic mass is 10.2. The fraction of sp³-hybridized carbons (Fsp3) is 0.571. The van der Waals surface area contributed by atoms with Crippen molar-refractivity contribution in [1.29, 1.82) is 0 Å². The molecule has 0 unspecified atom stereocenters. The molecule has 2 aromatic rings. The van der Waals surface area contributed by atoms with Crippen molar-refractivity contribution in [1.82, 2.24) is 19.9 Å². The van der Waals surface area contributed by atoms with E-state index in [1.54, 1.807) is 0 Å². The molecule has 1 amide bonds. The average molecular weight is 401 g/mol. The number of H-pyrrole nitrogens is 1. The highest BCUT2D eigenvalue weighted by Gasteiger charge is 2.42. The number of carbonyl (C=O) groups is 1. The number of nitrogens with one attached hydrogen (secondary N) is 2. The summed E-state index contributed by atoms with van der Waals surface area (Å²) in [7, 11) is 1.52. The molecule has 1 saturated heterocycles. The molecule has 0 spiro atoms. The molecule has 2 aromatic heterocycles. The normalized spacial score (nSPS) is 24.0. The highest BCUT2D eigenvalue weighted by Crippen LogP contribution is 2.43. The molecule has 3 rings (SSSR count). The van der Waals surface area contributed by atoms with Crippen molar-refractivity contribution < 1.29 is 14.6 Å². The number of aliphatic hydroxyl groups excluding tert-OH is 1. The van der Waals surface area contributed by atoms with Crippen LogP contribution < -0.4 is 21.5 Å². The van der Waals surface area contributed by atoms with Gasteiger partial charge in [0.05, 0.1) is 11.4 Å². The van der Waals surface area contributed by atoms with Gasteiger partial charge < -0.3 is 20.9 Å². The molecule has 1 fully saturated rings. The van der Waals surface area contributed by atoms with Gasteiger partial charge in [-0.25, -0.2) is 0 Å². The number of hydrogen-bond acceptors (Lipinski definition) is 9. The Bertz CT molecular complexity index is 938. The van der Waals surface area contributed by atoms with Gasteiger partial charge in [0.15, 0.2) is 11.9 Å². The van der Waals surface area contributed by atoms with Gasteiger partial charge in [0.25, 0.3) is 5.56 Å². The van der Waals surface area contributed by atoms with Crippen molar-refractivity contribution in [3.05, 3.63) is 20.0 Å². The first-order chi connectivity index (χ1) is 12.3. The molecule has 1 aliphatic rings. The van der Waals surface area contributed by atoms with Crippen LogP contribution in [0.2, 0.25) is 0 Å². The van der Waals surface area contributed by atoms with E-state index >= 15 is 0 Å². The number of carbonyl (C=O) groups excluding carboxylic acids is 1. The van der Waals surface area contributed by atoms with Crippen LogP contribution in [0.5, 0.6) is 0 Å². The number of thioether (sulfide) groups is 1. The predicted molar refractivity (Wildman–Crippen MR) is 99.2 cm³/mol. The Morgan fingerprint density at radius 3 is 2.92 bits per heavy atom. The van der Waals surface area contributed by atoms with Crippen LogP contribution in [0, 0.1) is 0 Å². The lowest BCUT2D eigenvalue weighted by molar-refractivity contribution is -0.121. The molecule has 4 atom stereocenters. The number of thiazole rings is 1. The summed E-state index contributed by atoms with van der Waals surface area (Å²) >= 11 is 2.02. The predicted octanol–water partition coefficient (Wildman–Crippen LogP) is -0.408. The van der Waals surface area contributed by atoms with Crippen molar-refractivity contribution in [3.63, 3.8) is 0 Å². The Morgan fingerprint density at radius 1 is 1.54 bits per heavy atom. The number of aromatic amines is 1. The van der Waals surface area contributed by atoms with Crippen LogP contribution in [-0.2, 0) is 9.53 Å².